The Morgan fingerprint density at radius 1 is 1.04 bits per heavy atom. The first-order valence-corrected chi connectivity index (χ1v) is 7.65. The highest BCUT2D eigenvalue weighted by Crippen LogP contribution is 2.44. The predicted molar refractivity (Wildman–Crippen MR) is 87.2 cm³/mol. The van der Waals surface area contributed by atoms with Gasteiger partial charge in [-0.05, 0) is 29.3 Å². The highest BCUT2D eigenvalue weighted by atomic mass is 16.7. The number of amides is 1. The topological polar surface area (TPSA) is 66.0 Å². The van der Waals surface area contributed by atoms with E-state index in [0.717, 1.165) is 22.6 Å². The molecule has 0 spiro atoms. The zero-order valence-corrected chi connectivity index (χ0v) is 13.4. The second-order valence-electron chi connectivity index (χ2n) is 5.71. The summed E-state index contributed by atoms with van der Waals surface area (Å²) in [7, 11) is 3.17. The molecule has 2 aliphatic rings. The van der Waals surface area contributed by atoms with Crippen LogP contribution in [0, 0.1) is 0 Å². The standard InChI is InChI=1S/C18H17NO5/c1-21-15-6-12-11(7-18(20)19-13(12)8-16(15)22-2)10-3-4-14-17(5-10)24-9-23-14/h3-6,8,11H,7,9H2,1-2H3,(H,19,20)/t11-/m1/s1. The number of methoxy groups -OCH3 is 2. The number of nitrogens with one attached hydrogen (secondary N) is 1. The van der Waals surface area contributed by atoms with Crippen LogP contribution in [0.1, 0.15) is 23.5 Å². The maximum Gasteiger partial charge on any atom is 0.231 e. The van der Waals surface area contributed by atoms with Gasteiger partial charge in [-0.3, -0.25) is 4.79 Å². The third kappa shape index (κ3) is 2.31. The average molecular weight is 327 g/mol. The Kier molecular flexibility index (Phi) is 3.45. The van der Waals surface area contributed by atoms with Gasteiger partial charge in [-0.25, -0.2) is 0 Å². The fourth-order valence-corrected chi connectivity index (χ4v) is 3.22. The fourth-order valence-electron chi connectivity index (χ4n) is 3.22. The lowest BCUT2D eigenvalue weighted by Crippen LogP contribution is -2.23. The molecular weight excluding hydrogens is 310 g/mol. The van der Waals surface area contributed by atoms with Gasteiger partial charge in [0.05, 0.1) is 14.2 Å². The molecule has 0 aromatic heterocycles. The quantitative estimate of drug-likeness (QED) is 0.939. The van der Waals surface area contributed by atoms with Crippen molar-refractivity contribution in [3.63, 3.8) is 0 Å². The lowest BCUT2D eigenvalue weighted by Gasteiger charge is -2.27. The second-order valence-corrected chi connectivity index (χ2v) is 5.71. The van der Waals surface area contributed by atoms with Crippen molar-refractivity contribution >= 4 is 11.6 Å². The number of rotatable bonds is 3. The van der Waals surface area contributed by atoms with Crippen molar-refractivity contribution < 1.29 is 23.7 Å². The van der Waals surface area contributed by atoms with Gasteiger partial charge in [0.1, 0.15) is 0 Å². The summed E-state index contributed by atoms with van der Waals surface area (Å²) >= 11 is 0. The zero-order valence-electron chi connectivity index (χ0n) is 13.4. The maximum atomic E-state index is 12.2. The monoisotopic (exact) mass is 327 g/mol. The molecule has 1 amide bonds. The van der Waals surface area contributed by atoms with Crippen LogP contribution >= 0.6 is 0 Å². The van der Waals surface area contributed by atoms with Crippen LogP contribution in [0.2, 0.25) is 0 Å². The van der Waals surface area contributed by atoms with Gasteiger partial charge in [0, 0.05) is 24.1 Å². The summed E-state index contributed by atoms with van der Waals surface area (Å²) in [4.78, 5) is 12.2. The first-order valence-electron chi connectivity index (χ1n) is 7.65. The molecule has 0 fully saturated rings. The minimum atomic E-state index is -0.0805. The first kappa shape index (κ1) is 14.7. The highest BCUT2D eigenvalue weighted by Gasteiger charge is 2.29. The molecule has 2 heterocycles. The molecule has 2 aliphatic heterocycles. The molecule has 4 rings (SSSR count). The summed E-state index contributed by atoms with van der Waals surface area (Å²) in [5.74, 6) is 2.55. The highest BCUT2D eigenvalue weighted by molar-refractivity contribution is 5.96. The molecule has 2 aromatic rings. The number of anilines is 1. The molecule has 24 heavy (non-hydrogen) atoms. The molecule has 0 bridgehead atoms. The minimum Gasteiger partial charge on any atom is -0.493 e. The molecule has 0 saturated heterocycles. The van der Waals surface area contributed by atoms with Crippen LogP contribution in [0.15, 0.2) is 30.3 Å². The van der Waals surface area contributed by atoms with Crippen LogP contribution in [0.3, 0.4) is 0 Å². The van der Waals surface area contributed by atoms with E-state index in [0.29, 0.717) is 23.7 Å². The summed E-state index contributed by atoms with van der Waals surface area (Å²) in [5.41, 5.74) is 2.74. The average Bonchev–Trinajstić information content (AvgIpc) is 3.07. The Morgan fingerprint density at radius 2 is 1.79 bits per heavy atom. The van der Waals surface area contributed by atoms with E-state index in [2.05, 4.69) is 5.32 Å². The molecule has 0 saturated carbocycles. The summed E-state index contributed by atoms with van der Waals surface area (Å²) < 4.78 is 21.5. The number of hydrogen-bond donors (Lipinski definition) is 1. The molecule has 2 aromatic carbocycles. The Morgan fingerprint density at radius 3 is 2.58 bits per heavy atom. The molecule has 1 atom stereocenters. The van der Waals surface area contributed by atoms with Crippen molar-refractivity contribution in [3.05, 3.63) is 41.5 Å². The van der Waals surface area contributed by atoms with Gasteiger partial charge in [0.25, 0.3) is 0 Å². The van der Waals surface area contributed by atoms with Crippen LogP contribution in [0.5, 0.6) is 23.0 Å². The lowest BCUT2D eigenvalue weighted by molar-refractivity contribution is -0.116. The van der Waals surface area contributed by atoms with Crippen LogP contribution < -0.4 is 24.3 Å². The van der Waals surface area contributed by atoms with E-state index in [1.165, 1.54) is 0 Å². The van der Waals surface area contributed by atoms with E-state index in [1.54, 1.807) is 20.3 Å². The predicted octanol–water partition coefficient (Wildman–Crippen LogP) is 2.91. The number of fused-ring (bicyclic) bond motifs is 2. The second kappa shape index (κ2) is 5.63. The molecule has 124 valence electrons. The van der Waals surface area contributed by atoms with Crippen molar-refractivity contribution in [2.45, 2.75) is 12.3 Å². The van der Waals surface area contributed by atoms with Crippen molar-refractivity contribution in [3.8, 4) is 23.0 Å². The van der Waals surface area contributed by atoms with Gasteiger partial charge in [-0.2, -0.15) is 0 Å². The van der Waals surface area contributed by atoms with Crippen LogP contribution in [-0.2, 0) is 4.79 Å². The summed E-state index contributed by atoms with van der Waals surface area (Å²) in [6.07, 6.45) is 0.363. The summed E-state index contributed by atoms with van der Waals surface area (Å²) in [5, 5.41) is 2.91. The Hall–Kier alpha value is -2.89. The molecule has 1 N–H and O–H groups in total. The van der Waals surface area contributed by atoms with Crippen molar-refractivity contribution in [1.82, 2.24) is 0 Å². The van der Waals surface area contributed by atoms with Crippen LogP contribution in [0.25, 0.3) is 0 Å². The van der Waals surface area contributed by atoms with Gasteiger partial charge >= 0.3 is 0 Å². The third-order valence-corrected chi connectivity index (χ3v) is 4.39. The summed E-state index contributed by atoms with van der Waals surface area (Å²) in [6.45, 7) is 0.228. The van der Waals surface area contributed by atoms with Crippen molar-refractivity contribution in [1.29, 1.82) is 0 Å². The largest absolute Gasteiger partial charge is 0.493 e. The molecule has 6 nitrogen and oxygen atoms in total. The number of hydrogen-bond acceptors (Lipinski definition) is 5. The minimum absolute atomic E-state index is 0.0302. The number of carbonyl (C=O) groups is 1. The van der Waals surface area contributed by atoms with E-state index in [4.69, 9.17) is 18.9 Å². The molecule has 0 radical (unpaired) electrons. The van der Waals surface area contributed by atoms with Gasteiger partial charge < -0.3 is 24.3 Å². The van der Waals surface area contributed by atoms with Crippen LogP contribution in [0.4, 0.5) is 5.69 Å². The van der Waals surface area contributed by atoms with Crippen molar-refractivity contribution in [2.24, 2.45) is 0 Å². The SMILES string of the molecule is COc1cc2c(cc1OC)[C@@H](c1ccc3c(c1)OCO3)CC(=O)N2. The van der Waals surface area contributed by atoms with E-state index < -0.39 is 0 Å². The van der Waals surface area contributed by atoms with Crippen molar-refractivity contribution in [2.75, 3.05) is 26.3 Å². The Labute approximate surface area is 139 Å². The van der Waals surface area contributed by atoms with E-state index in [1.807, 2.05) is 24.3 Å². The molecule has 0 unspecified atom stereocenters. The van der Waals surface area contributed by atoms with Gasteiger partial charge in [0.2, 0.25) is 12.7 Å². The van der Waals surface area contributed by atoms with E-state index in [9.17, 15) is 4.79 Å². The summed E-state index contributed by atoms with van der Waals surface area (Å²) in [6, 6.07) is 9.50. The fraction of sp³-hybridized carbons (Fsp3) is 0.278. The van der Waals surface area contributed by atoms with Gasteiger partial charge in [-0.15, -0.1) is 0 Å². The molecule has 0 aliphatic carbocycles. The lowest BCUT2D eigenvalue weighted by atomic mass is 9.84. The van der Waals surface area contributed by atoms with Gasteiger partial charge in [-0.1, -0.05) is 6.07 Å². The Bertz CT molecular complexity index is 817. The zero-order chi connectivity index (χ0) is 16.7. The van der Waals surface area contributed by atoms with E-state index in [-0.39, 0.29) is 18.6 Å². The van der Waals surface area contributed by atoms with Crippen LogP contribution in [-0.4, -0.2) is 26.9 Å². The number of carbonyl (C=O) groups excluding carboxylic acids is 1. The van der Waals surface area contributed by atoms with E-state index >= 15 is 0 Å². The van der Waals surface area contributed by atoms with Gasteiger partial charge in [0.15, 0.2) is 23.0 Å². The molecular formula is C18H17NO5. The number of ether oxygens (including phenoxy) is 4. The third-order valence-electron chi connectivity index (χ3n) is 4.39. The smallest absolute Gasteiger partial charge is 0.231 e. The Balaban J connectivity index is 1.82. The first-order chi connectivity index (χ1) is 11.7. The normalized spacial score (nSPS) is 17.9. The maximum absolute atomic E-state index is 12.2. The number of benzene rings is 2. The molecule has 6 heteroatoms.